The maximum Gasteiger partial charge on any atom is 0.292 e. The van der Waals surface area contributed by atoms with Crippen LogP contribution in [0.2, 0.25) is 0 Å². The molecule has 0 bridgehead atoms. The Labute approximate surface area is 178 Å². The molecular formula is C22H22N6O3. The standard InChI is InChI=1S/C22H22N6O3/c1-14-10-15(2)28(25-14)13-16-6-4-7-17(11-16)23-21(29)18-12-20(27(3)26-18)24-22(30)19-8-5-9-31-19/h4-12H,13H2,1-3H3,(H,23,29)(H,24,30). The van der Waals surface area contributed by atoms with Gasteiger partial charge < -0.3 is 15.1 Å². The van der Waals surface area contributed by atoms with Crippen molar-refractivity contribution in [3.63, 3.8) is 0 Å². The van der Waals surface area contributed by atoms with Gasteiger partial charge in [0, 0.05) is 24.5 Å². The first-order chi connectivity index (χ1) is 14.9. The van der Waals surface area contributed by atoms with E-state index >= 15 is 0 Å². The lowest BCUT2D eigenvalue weighted by Gasteiger charge is -2.08. The molecule has 0 atom stereocenters. The quantitative estimate of drug-likeness (QED) is 0.499. The lowest BCUT2D eigenvalue weighted by molar-refractivity contribution is 0.0993. The van der Waals surface area contributed by atoms with Gasteiger partial charge in [-0.15, -0.1) is 0 Å². The third-order valence-corrected chi connectivity index (χ3v) is 4.72. The van der Waals surface area contributed by atoms with Crippen molar-refractivity contribution in [3.8, 4) is 0 Å². The van der Waals surface area contributed by atoms with Gasteiger partial charge in [-0.1, -0.05) is 12.1 Å². The van der Waals surface area contributed by atoms with Gasteiger partial charge in [-0.25, -0.2) is 0 Å². The number of nitrogens with one attached hydrogen (secondary N) is 2. The molecule has 158 valence electrons. The Hall–Kier alpha value is -4.14. The fraction of sp³-hybridized carbons (Fsp3) is 0.182. The van der Waals surface area contributed by atoms with E-state index in [9.17, 15) is 9.59 Å². The summed E-state index contributed by atoms with van der Waals surface area (Å²) >= 11 is 0. The van der Waals surface area contributed by atoms with E-state index in [1.165, 1.54) is 17.0 Å². The van der Waals surface area contributed by atoms with Crippen LogP contribution in [-0.4, -0.2) is 31.4 Å². The first-order valence-corrected chi connectivity index (χ1v) is 9.69. The van der Waals surface area contributed by atoms with E-state index in [4.69, 9.17) is 4.42 Å². The van der Waals surface area contributed by atoms with Crippen molar-refractivity contribution in [2.45, 2.75) is 20.4 Å². The van der Waals surface area contributed by atoms with Gasteiger partial charge in [-0.05, 0) is 49.7 Å². The van der Waals surface area contributed by atoms with Crippen molar-refractivity contribution in [2.24, 2.45) is 7.05 Å². The Morgan fingerprint density at radius 3 is 2.55 bits per heavy atom. The molecule has 3 heterocycles. The van der Waals surface area contributed by atoms with Crippen LogP contribution in [0.25, 0.3) is 0 Å². The summed E-state index contributed by atoms with van der Waals surface area (Å²) in [7, 11) is 1.64. The average molecular weight is 418 g/mol. The summed E-state index contributed by atoms with van der Waals surface area (Å²) in [5.74, 6) is -0.245. The highest BCUT2D eigenvalue weighted by Gasteiger charge is 2.16. The van der Waals surface area contributed by atoms with Gasteiger partial charge in [0.05, 0.1) is 18.5 Å². The van der Waals surface area contributed by atoms with Gasteiger partial charge in [-0.2, -0.15) is 10.2 Å². The zero-order valence-corrected chi connectivity index (χ0v) is 17.4. The molecule has 9 heteroatoms. The van der Waals surface area contributed by atoms with E-state index < -0.39 is 5.91 Å². The van der Waals surface area contributed by atoms with E-state index in [1.54, 1.807) is 19.2 Å². The molecule has 2 N–H and O–H groups in total. The Kier molecular flexibility index (Phi) is 5.40. The number of benzene rings is 1. The molecule has 31 heavy (non-hydrogen) atoms. The zero-order chi connectivity index (χ0) is 22.0. The molecule has 0 fully saturated rings. The number of aromatic nitrogens is 4. The van der Waals surface area contributed by atoms with Gasteiger partial charge in [0.2, 0.25) is 0 Å². The molecule has 4 rings (SSSR count). The number of nitrogens with zero attached hydrogens (tertiary/aromatic N) is 4. The van der Waals surface area contributed by atoms with Crippen LogP contribution >= 0.6 is 0 Å². The minimum atomic E-state index is -0.420. The van der Waals surface area contributed by atoms with Gasteiger partial charge >= 0.3 is 0 Å². The van der Waals surface area contributed by atoms with Crippen LogP contribution in [0.3, 0.4) is 0 Å². The van der Waals surface area contributed by atoms with Crippen LogP contribution in [0.5, 0.6) is 0 Å². The van der Waals surface area contributed by atoms with Crippen LogP contribution < -0.4 is 10.6 Å². The monoisotopic (exact) mass is 418 g/mol. The molecule has 9 nitrogen and oxygen atoms in total. The van der Waals surface area contributed by atoms with E-state index in [2.05, 4.69) is 20.8 Å². The Balaban J connectivity index is 1.45. The molecule has 0 unspecified atom stereocenters. The predicted octanol–water partition coefficient (Wildman–Crippen LogP) is 3.38. The van der Waals surface area contributed by atoms with Crippen LogP contribution in [0.15, 0.2) is 59.2 Å². The van der Waals surface area contributed by atoms with Crippen LogP contribution in [-0.2, 0) is 13.6 Å². The number of aryl methyl sites for hydroxylation is 3. The number of carbonyl (C=O) groups is 2. The fourth-order valence-corrected chi connectivity index (χ4v) is 3.23. The largest absolute Gasteiger partial charge is 0.459 e. The highest BCUT2D eigenvalue weighted by Crippen LogP contribution is 2.16. The van der Waals surface area contributed by atoms with Crippen molar-refractivity contribution in [2.75, 3.05) is 10.6 Å². The summed E-state index contributed by atoms with van der Waals surface area (Å²) in [4.78, 5) is 24.8. The number of amides is 2. The second-order valence-corrected chi connectivity index (χ2v) is 7.21. The molecular weight excluding hydrogens is 396 g/mol. The maximum absolute atomic E-state index is 12.7. The van der Waals surface area contributed by atoms with Crippen LogP contribution in [0.4, 0.5) is 11.5 Å². The molecule has 1 aromatic carbocycles. The van der Waals surface area contributed by atoms with Crippen molar-refractivity contribution in [1.82, 2.24) is 19.6 Å². The molecule has 3 aromatic heterocycles. The first kappa shape index (κ1) is 20.1. The lowest BCUT2D eigenvalue weighted by atomic mass is 10.2. The van der Waals surface area contributed by atoms with E-state index in [0.717, 1.165) is 17.0 Å². The molecule has 0 saturated heterocycles. The molecule has 4 aromatic rings. The number of hydrogen-bond acceptors (Lipinski definition) is 5. The van der Waals surface area contributed by atoms with E-state index in [0.29, 0.717) is 18.1 Å². The highest BCUT2D eigenvalue weighted by molar-refractivity contribution is 6.05. The average Bonchev–Trinajstić information content (AvgIpc) is 3.44. The van der Waals surface area contributed by atoms with Crippen molar-refractivity contribution < 1.29 is 14.0 Å². The molecule has 0 aliphatic carbocycles. The minimum absolute atomic E-state index is 0.173. The Bertz CT molecular complexity index is 1240. The molecule has 0 aliphatic heterocycles. The summed E-state index contributed by atoms with van der Waals surface area (Å²) in [6, 6.07) is 14.3. The zero-order valence-electron chi connectivity index (χ0n) is 17.4. The first-order valence-electron chi connectivity index (χ1n) is 9.69. The third kappa shape index (κ3) is 4.55. The van der Waals surface area contributed by atoms with Gasteiger partial charge in [0.15, 0.2) is 11.5 Å². The van der Waals surface area contributed by atoms with E-state index in [-0.39, 0.29) is 17.4 Å². The Morgan fingerprint density at radius 2 is 1.84 bits per heavy atom. The van der Waals surface area contributed by atoms with Gasteiger partial charge in [0.1, 0.15) is 5.82 Å². The molecule has 0 spiro atoms. The summed E-state index contributed by atoms with van der Waals surface area (Å²) in [6.45, 7) is 4.57. The summed E-state index contributed by atoms with van der Waals surface area (Å²) in [6.07, 6.45) is 1.42. The second kappa shape index (κ2) is 8.31. The number of rotatable bonds is 6. The number of carbonyl (C=O) groups excluding carboxylic acids is 2. The normalized spacial score (nSPS) is 10.8. The molecule has 0 saturated carbocycles. The minimum Gasteiger partial charge on any atom is -0.459 e. The lowest BCUT2D eigenvalue weighted by Crippen LogP contribution is -2.13. The van der Waals surface area contributed by atoms with Crippen molar-refractivity contribution >= 4 is 23.3 Å². The summed E-state index contributed by atoms with van der Waals surface area (Å²) < 4.78 is 8.42. The van der Waals surface area contributed by atoms with E-state index in [1.807, 2.05) is 48.9 Å². The second-order valence-electron chi connectivity index (χ2n) is 7.21. The Morgan fingerprint density at radius 1 is 1.00 bits per heavy atom. The summed E-state index contributed by atoms with van der Waals surface area (Å²) in [5.41, 5.74) is 3.88. The maximum atomic E-state index is 12.7. The third-order valence-electron chi connectivity index (χ3n) is 4.72. The topological polar surface area (TPSA) is 107 Å². The highest BCUT2D eigenvalue weighted by atomic mass is 16.3. The molecule has 0 aliphatic rings. The van der Waals surface area contributed by atoms with Crippen molar-refractivity contribution in [1.29, 1.82) is 0 Å². The summed E-state index contributed by atoms with van der Waals surface area (Å²) in [5, 5.41) is 14.2. The van der Waals surface area contributed by atoms with Gasteiger partial charge in [-0.3, -0.25) is 19.0 Å². The number of anilines is 2. The number of furan rings is 1. The van der Waals surface area contributed by atoms with Crippen molar-refractivity contribution in [3.05, 3.63) is 83.2 Å². The van der Waals surface area contributed by atoms with Crippen LogP contribution in [0, 0.1) is 13.8 Å². The predicted molar refractivity (Wildman–Crippen MR) is 115 cm³/mol. The molecule has 2 amide bonds. The molecule has 0 radical (unpaired) electrons. The van der Waals surface area contributed by atoms with Crippen LogP contribution in [0.1, 0.15) is 38.0 Å². The fourth-order valence-electron chi connectivity index (χ4n) is 3.23. The SMILES string of the molecule is Cc1cc(C)n(Cc2cccc(NC(=O)c3cc(NC(=O)c4ccco4)n(C)n3)c2)n1. The van der Waals surface area contributed by atoms with Gasteiger partial charge in [0.25, 0.3) is 11.8 Å². The smallest absolute Gasteiger partial charge is 0.292 e. The number of hydrogen-bond donors (Lipinski definition) is 2.